The summed E-state index contributed by atoms with van der Waals surface area (Å²) in [6.45, 7) is 2.77. The van der Waals surface area contributed by atoms with Crippen molar-refractivity contribution >= 4 is 35.6 Å². The SMILES string of the molecule is COc1ccc(NC(=O)CN2CCNCC2c2cccnc2)cc1Cl.Cl. The summed E-state index contributed by atoms with van der Waals surface area (Å²) in [4.78, 5) is 18.8. The van der Waals surface area contributed by atoms with Gasteiger partial charge in [0.05, 0.1) is 18.7 Å². The zero-order chi connectivity index (χ0) is 17.6. The molecule has 2 heterocycles. The van der Waals surface area contributed by atoms with Gasteiger partial charge >= 0.3 is 0 Å². The summed E-state index contributed by atoms with van der Waals surface area (Å²) in [6, 6.07) is 9.29. The van der Waals surface area contributed by atoms with Gasteiger partial charge in [-0.1, -0.05) is 17.7 Å². The molecule has 0 spiro atoms. The van der Waals surface area contributed by atoms with Gasteiger partial charge in [-0.25, -0.2) is 0 Å². The van der Waals surface area contributed by atoms with Gasteiger partial charge in [-0.05, 0) is 29.8 Å². The minimum Gasteiger partial charge on any atom is -0.495 e. The molecule has 140 valence electrons. The predicted molar refractivity (Wildman–Crippen MR) is 105 cm³/mol. The van der Waals surface area contributed by atoms with Gasteiger partial charge in [0, 0.05) is 43.8 Å². The molecule has 0 bridgehead atoms. The summed E-state index contributed by atoms with van der Waals surface area (Å²) >= 11 is 6.11. The van der Waals surface area contributed by atoms with Crippen molar-refractivity contribution in [2.45, 2.75) is 6.04 Å². The average molecular weight is 397 g/mol. The Kier molecular flexibility index (Phi) is 7.66. The third-order valence-corrected chi connectivity index (χ3v) is 4.50. The van der Waals surface area contributed by atoms with E-state index in [-0.39, 0.29) is 24.4 Å². The second-order valence-electron chi connectivity index (χ2n) is 5.87. The molecule has 0 aliphatic carbocycles. The van der Waals surface area contributed by atoms with Crippen molar-refractivity contribution in [1.29, 1.82) is 0 Å². The van der Waals surface area contributed by atoms with Crippen molar-refractivity contribution in [2.24, 2.45) is 0 Å². The van der Waals surface area contributed by atoms with Crippen molar-refractivity contribution in [1.82, 2.24) is 15.2 Å². The Bertz CT molecular complexity index is 730. The lowest BCUT2D eigenvalue weighted by molar-refractivity contribution is -0.118. The van der Waals surface area contributed by atoms with Gasteiger partial charge in [0.25, 0.3) is 0 Å². The van der Waals surface area contributed by atoms with Crippen LogP contribution in [0.2, 0.25) is 5.02 Å². The van der Waals surface area contributed by atoms with Gasteiger partial charge in [-0.2, -0.15) is 0 Å². The topological polar surface area (TPSA) is 66.5 Å². The maximum Gasteiger partial charge on any atom is 0.238 e. The van der Waals surface area contributed by atoms with Crippen LogP contribution in [0, 0.1) is 0 Å². The van der Waals surface area contributed by atoms with Gasteiger partial charge in [0.1, 0.15) is 5.75 Å². The van der Waals surface area contributed by atoms with Gasteiger partial charge in [-0.3, -0.25) is 14.7 Å². The number of rotatable bonds is 5. The lowest BCUT2D eigenvalue weighted by Gasteiger charge is -2.35. The van der Waals surface area contributed by atoms with E-state index in [0.29, 0.717) is 23.0 Å². The van der Waals surface area contributed by atoms with Gasteiger partial charge in [-0.15, -0.1) is 12.4 Å². The van der Waals surface area contributed by atoms with Crippen LogP contribution in [0.4, 0.5) is 5.69 Å². The van der Waals surface area contributed by atoms with Crippen molar-refractivity contribution in [3.8, 4) is 5.75 Å². The van der Waals surface area contributed by atoms with E-state index in [9.17, 15) is 4.79 Å². The highest BCUT2D eigenvalue weighted by Crippen LogP contribution is 2.27. The molecule has 8 heteroatoms. The Balaban J connectivity index is 0.00000243. The van der Waals surface area contributed by atoms with E-state index in [4.69, 9.17) is 16.3 Å². The summed E-state index contributed by atoms with van der Waals surface area (Å²) in [6.07, 6.45) is 3.61. The number of anilines is 1. The number of carbonyl (C=O) groups excluding carboxylic acids is 1. The van der Waals surface area contributed by atoms with Crippen LogP contribution in [-0.4, -0.2) is 49.1 Å². The molecule has 6 nitrogen and oxygen atoms in total. The van der Waals surface area contributed by atoms with Crippen LogP contribution in [0.25, 0.3) is 0 Å². The summed E-state index contributed by atoms with van der Waals surface area (Å²) in [7, 11) is 1.56. The van der Waals surface area contributed by atoms with Crippen LogP contribution in [0.3, 0.4) is 0 Å². The molecule has 1 saturated heterocycles. The fraction of sp³-hybridized carbons (Fsp3) is 0.333. The number of halogens is 2. The van der Waals surface area contributed by atoms with Crippen LogP contribution >= 0.6 is 24.0 Å². The second-order valence-corrected chi connectivity index (χ2v) is 6.28. The Labute approximate surface area is 164 Å². The van der Waals surface area contributed by atoms with Gasteiger partial charge < -0.3 is 15.4 Å². The third kappa shape index (κ3) is 5.08. The molecule has 1 unspecified atom stereocenters. The Morgan fingerprint density at radius 3 is 3.00 bits per heavy atom. The monoisotopic (exact) mass is 396 g/mol. The lowest BCUT2D eigenvalue weighted by atomic mass is 10.1. The molecular formula is C18H22Cl2N4O2. The van der Waals surface area contributed by atoms with E-state index in [2.05, 4.69) is 20.5 Å². The van der Waals surface area contributed by atoms with E-state index >= 15 is 0 Å². The number of nitrogens with one attached hydrogen (secondary N) is 2. The zero-order valence-corrected chi connectivity index (χ0v) is 16.0. The summed E-state index contributed by atoms with van der Waals surface area (Å²) < 4.78 is 5.12. The molecular weight excluding hydrogens is 375 g/mol. The molecule has 0 radical (unpaired) electrons. The molecule has 2 aromatic rings. The van der Waals surface area contributed by atoms with Crippen molar-refractivity contribution in [2.75, 3.05) is 38.6 Å². The fourth-order valence-electron chi connectivity index (χ4n) is 2.97. The van der Waals surface area contributed by atoms with Crippen LogP contribution in [0.15, 0.2) is 42.7 Å². The van der Waals surface area contributed by atoms with Crippen LogP contribution in [0.1, 0.15) is 11.6 Å². The number of aromatic nitrogens is 1. The maximum atomic E-state index is 12.5. The number of methoxy groups -OCH3 is 1. The largest absolute Gasteiger partial charge is 0.495 e. The van der Waals surface area contributed by atoms with Crippen LogP contribution in [0.5, 0.6) is 5.75 Å². The molecule has 1 fully saturated rings. The van der Waals surface area contributed by atoms with Crippen molar-refractivity contribution in [3.05, 3.63) is 53.3 Å². The van der Waals surface area contributed by atoms with E-state index in [0.717, 1.165) is 25.2 Å². The molecule has 1 aromatic heterocycles. The number of amides is 1. The van der Waals surface area contributed by atoms with Crippen molar-refractivity contribution in [3.63, 3.8) is 0 Å². The molecule has 0 saturated carbocycles. The Morgan fingerprint density at radius 1 is 1.46 bits per heavy atom. The Morgan fingerprint density at radius 2 is 2.31 bits per heavy atom. The van der Waals surface area contributed by atoms with Crippen LogP contribution in [-0.2, 0) is 4.79 Å². The molecule has 26 heavy (non-hydrogen) atoms. The second kappa shape index (κ2) is 9.73. The lowest BCUT2D eigenvalue weighted by Crippen LogP contribution is -2.48. The van der Waals surface area contributed by atoms with Crippen molar-refractivity contribution < 1.29 is 9.53 Å². The first-order valence-electron chi connectivity index (χ1n) is 8.15. The predicted octanol–water partition coefficient (Wildman–Crippen LogP) is 2.75. The normalized spacial score (nSPS) is 17.2. The standard InChI is InChI=1S/C18H21ClN4O2.ClH/c1-25-17-5-4-14(9-15(17)19)22-18(24)12-23-8-7-21-11-16(23)13-3-2-6-20-10-13;/h2-6,9-10,16,21H,7-8,11-12H2,1H3,(H,22,24);1H. The van der Waals surface area contributed by atoms with E-state index < -0.39 is 0 Å². The maximum absolute atomic E-state index is 12.5. The number of benzene rings is 1. The molecule has 1 atom stereocenters. The number of carbonyl (C=O) groups is 1. The number of piperazine rings is 1. The first kappa shape index (κ1) is 20.5. The quantitative estimate of drug-likeness (QED) is 0.812. The number of nitrogens with zero attached hydrogens (tertiary/aromatic N) is 2. The molecule has 1 aromatic carbocycles. The first-order valence-corrected chi connectivity index (χ1v) is 8.53. The molecule has 3 rings (SSSR count). The number of ether oxygens (including phenoxy) is 1. The first-order chi connectivity index (χ1) is 12.2. The highest BCUT2D eigenvalue weighted by atomic mass is 35.5. The summed E-state index contributed by atoms with van der Waals surface area (Å²) in [5, 5.41) is 6.74. The van der Waals surface area contributed by atoms with Gasteiger partial charge in [0.2, 0.25) is 5.91 Å². The average Bonchev–Trinajstić information content (AvgIpc) is 2.63. The zero-order valence-electron chi connectivity index (χ0n) is 14.4. The summed E-state index contributed by atoms with van der Waals surface area (Å²) in [5.74, 6) is 0.510. The van der Waals surface area contributed by atoms with E-state index in [1.165, 1.54) is 0 Å². The minimum absolute atomic E-state index is 0. The number of hydrogen-bond acceptors (Lipinski definition) is 5. The highest BCUT2D eigenvalue weighted by Gasteiger charge is 2.25. The molecule has 2 N–H and O–H groups in total. The van der Waals surface area contributed by atoms with Crippen LogP contribution < -0.4 is 15.4 Å². The molecule has 1 amide bonds. The number of hydrogen-bond donors (Lipinski definition) is 2. The Hall–Kier alpha value is -1.86. The minimum atomic E-state index is -0.0722. The fourth-order valence-corrected chi connectivity index (χ4v) is 3.22. The summed E-state index contributed by atoms with van der Waals surface area (Å²) in [5.41, 5.74) is 1.76. The number of pyridine rings is 1. The smallest absolute Gasteiger partial charge is 0.238 e. The highest BCUT2D eigenvalue weighted by molar-refractivity contribution is 6.32. The third-order valence-electron chi connectivity index (χ3n) is 4.21. The van der Waals surface area contributed by atoms with E-state index in [1.807, 2.05) is 18.3 Å². The van der Waals surface area contributed by atoms with E-state index in [1.54, 1.807) is 31.5 Å². The molecule has 1 aliphatic rings. The van der Waals surface area contributed by atoms with Gasteiger partial charge in [0.15, 0.2) is 0 Å². The molecule has 1 aliphatic heterocycles.